The standard InChI is InChI=1S/C20H25N3O3S/c1-13-7-8-16(14(2)11-13)21-18(25)12-27-19-15-5-3-6-17(15)23(9-4-10-24)20(26)22-19/h7-8,11,24H,3-6,9-10,12H2,1-2H3,(H,21,25). The number of carbonyl (C=O) groups excluding carboxylic acids is 1. The van der Waals surface area contributed by atoms with Crippen molar-refractivity contribution in [3.8, 4) is 0 Å². The van der Waals surface area contributed by atoms with Gasteiger partial charge in [0.25, 0.3) is 0 Å². The lowest BCUT2D eigenvalue weighted by Gasteiger charge is -2.14. The fraction of sp³-hybridized carbons (Fsp3) is 0.450. The van der Waals surface area contributed by atoms with E-state index in [0.717, 1.165) is 47.3 Å². The second-order valence-electron chi connectivity index (χ2n) is 6.86. The molecule has 0 saturated heterocycles. The molecule has 2 N–H and O–H groups in total. The van der Waals surface area contributed by atoms with Gasteiger partial charge >= 0.3 is 5.69 Å². The van der Waals surface area contributed by atoms with E-state index in [1.807, 2.05) is 32.0 Å². The van der Waals surface area contributed by atoms with Gasteiger partial charge in [0, 0.05) is 30.1 Å². The molecule has 0 fully saturated rings. The van der Waals surface area contributed by atoms with Crippen LogP contribution in [0.1, 0.15) is 35.2 Å². The molecule has 1 heterocycles. The van der Waals surface area contributed by atoms with Crippen LogP contribution in [0.2, 0.25) is 0 Å². The average Bonchev–Trinajstić information content (AvgIpc) is 3.11. The van der Waals surface area contributed by atoms with Crippen LogP contribution >= 0.6 is 11.8 Å². The predicted molar refractivity (Wildman–Crippen MR) is 107 cm³/mol. The molecular weight excluding hydrogens is 362 g/mol. The number of benzene rings is 1. The summed E-state index contributed by atoms with van der Waals surface area (Å²) in [6.07, 6.45) is 3.25. The molecule has 1 aliphatic rings. The molecule has 144 valence electrons. The zero-order chi connectivity index (χ0) is 19.4. The number of hydrogen-bond acceptors (Lipinski definition) is 5. The van der Waals surface area contributed by atoms with Crippen molar-refractivity contribution in [1.82, 2.24) is 9.55 Å². The minimum Gasteiger partial charge on any atom is -0.396 e. The van der Waals surface area contributed by atoms with E-state index in [0.29, 0.717) is 18.0 Å². The number of fused-ring (bicyclic) bond motifs is 1. The molecule has 0 radical (unpaired) electrons. The molecule has 3 rings (SSSR count). The molecule has 0 bridgehead atoms. The van der Waals surface area contributed by atoms with Crippen molar-refractivity contribution in [1.29, 1.82) is 0 Å². The molecular formula is C20H25N3O3S. The van der Waals surface area contributed by atoms with Gasteiger partial charge in [-0.3, -0.25) is 9.36 Å². The van der Waals surface area contributed by atoms with E-state index in [1.165, 1.54) is 11.8 Å². The predicted octanol–water partition coefficient (Wildman–Crippen LogP) is 2.46. The quantitative estimate of drug-likeness (QED) is 0.563. The highest BCUT2D eigenvalue weighted by molar-refractivity contribution is 8.00. The van der Waals surface area contributed by atoms with Crippen LogP contribution in [0.4, 0.5) is 5.69 Å². The normalized spacial score (nSPS) is 12.9. The van der Waals surface area contributed by atoms with Crippen molar-refractivity contribution in [3.05, 3.63) is 51.1 Å². The maximum absolute atomic E-state index is 12.4. The average molecular weight is 388 g/mol. The van der Waals surface area contributed by atoms with Crippen LogP contribution in [0, 0.1) is 13.8 Å². The summed E-state index contributed by atoms with van der Waals surface area (Å²) in [7, 11) is 0. The molecule has 1 amide bonds. The Balaban J connectivity index is 1.71. The Morgan fingerprint density at radius 2 is 2.15 bits per heavy atom. The summed E-state index contributed by atoms with van der Waals surface area (Å²) in [5, 5.41) is 12.6. The van der Waals surface area contributed by atoms with E-state index < -0.39 is 0 Å². The van der Waals surface area contributed by atoms with Crippen LogP contribution in [-0.2, 0) is 24.2 Å². The topological polar surface area (TPSA) is 84.2 Å². The first-order chi connectivity index (χ1) is 13.0. The van der Waals surface area contributed by atoms with Gasteiger partial charge in [0.2, 0.25) is 5.91 Å². The van der Waals surface area contributed by atoms with Crippen LogP contribution < -0.4 is 11.0 Å². The van der Waals surface area contributed by atoms with Gasteiger partial charge in [-0.25, -0.2) is 4.79 Å². The number of aromatic nitrogens is 2. The number of hydrogen-bond donors (Lipinski definition) is 2. The van der Waals surface area contributed by atoms with Crippen LogP contribution in [0.5, 0.6) is 0 Å². The monoisotopic (exact) mass is 387 g/mol. The lowest BCUT2D eigenvalue weighted by atomic mass is 10.1. The van der Waals surface area contributed by atoms with Gasteiger partial charge in [0.15, 0.2) is 0 Å². The van der Waals surface area contributed by atoms with Crippen molar-refractivity contribution in [3.63, 3.8) is 0 Å². The van der Waals surface area contributed by atoms with E-state index in [9.17, 15) is 9.59 Å². The summed E-state index contributed by atoms with van der Waals surface area (Å²) < 4.78 is 1.68. The number of anilines is 1. The summed E-state index contributed by atoms with van der Waals surface area (Å²) in [5.74, 6) is 0.109. The van der Waals surface area contributed by atoms with E-state index in [1.54, 1.807) is 4.57 Å². The van der Waals surface area contributed by atoms with E-state index in [-0.39, 0.29) is 24.0 Å². The number of aliphatic hydroxyl groups is 1. The molecule has 27 heavy (non-hydrogen) atoms. The first-order valence-electron chi connectivity index (χ1n) is 9.23. The van der Waals surface area contributed by atoms with Crippen LogP contribution in [-0.4, -0.2) is 32.9 Å². The van der Waals surface area contributed by atoms with Crippen molar-refractivity contribution >= 4 is 23.4 Å². The Morgan fingerprint density at radius 1 is 1.33 bits per heavy atom. The highest BCUT2D eigenvalue weighted by atomic mass is 32.2. The number of thioether (sulfide) groups is 1. The SMILES string of the molecule is Cc1ccc(NC(=O)CSc2nc(=O)n(CCCO)c3c2CCC3)c(C)c1. The molecule has 0 unspecified atom stereocenters. The Kier molecular flexibility index (Phi) is 6.34. The summed E-state index contributed by atoms with van der Waals surface area (Å²) in [4.78, 5) is 28.9. The minimum absolute atomic E-state index is 0.0519. The second kappa shape index (κ2) is 8.71. The smallest absolute Gasteiger partial charge is 0.348 e. The van der Waals surface area contributed by atoms with E-state index in [4.69, 9.17) is 5.11 Å². The lowest BCUT2D eigenvalue weighted by Crippen LogP contribution is -2.28. The van der Waals surface area contributed by atoms with Gasteiger partial charge in [0.05, 0.1) is 5.75 Å². The van der Waals surface area contributed by atoms with Crippen molar-refractivity contribution in [2.45, 2.75) is 51.1 Å². The fourth-order valence-corrected chi connectivity index (χ4v) is 4.32. The van der Waals surface area contributed by atoms with Gasteiger partial charge in [-0.15, -0.1) is 0 Å². The van der Waals surface area contributed by atoms with E-state index in [2.05, 4.69) is 10.3 Å². The highest BCUT2D eigenvalue weighted by Crippen LogP contribution is 2.29. The lowest BCUT2D eigenvalue weighted by molar-refractivity contribution is -0.113. The van der Waals surface area contributed by atoms with Crippen LogP contribution in [0.3, 0.4) is 0 Å². The van der Waals surface area contributed by atoms with Gasteiger partial charge in [-0.1, -0.05) is 29.5 Å². The maximum Gasteiger partial charge on any atom is 0.348 e. The second-order valence-corrected chi connectivity index (χ2v) is 7.83. The molecule has 1 aromatic carbocycles. The Labute approximate surface area is 163 Å². The third-order valence-corrected chi connectivity index (χ3v) is 5.75. The summed E-state index contributed by atoms with van der Waals surface area (Å²) in [6, 6.07) is 5.91. The summed E-state index contributed by atoms with van der Waals surface area (Å²) >= 11 is 1.32. The van der Waals surface area contributed by atoms with Crippen LogP contribution in [0.15, 0.2) is 28.0 Å². The molecule has 0 saturated carbocycles. The molecule has 0 spiro atoms. The zero-order valence-corrected chi connectivity index (χ0v) is 16.6. The number of rotatable bonds is 7. The Hall–Kier alpha value is -2.12. The van der Waals surface area contributed by atoms with Crippen molar-refractivity contribution in [2.24, 2.45) is 0 Å². The minimum atomic E-state index is -0.290. The number of aliphatic hydroxyl groups excluding tert-OH is 1. The number of amides is 1. The number of nitrogens with one attached hydrogen (secondary N) is 1. The van der Waals surface area contributed by atoms with Crippen LogP contribution in [0.25, 0.3) is 0 Å². The third-order valence-electron chi connectivity index (χ3n) is 4.74. The number of carbonyl (C=O) groups is 1. The van der Waals surface area contributed by atoms with Gasteiger partial charge in [-0.2, -0.15) is 4.98 Å². The van der Waals surface area contributed by atoms with Gasteiger partial charge < -0.3 is 10.4 Å². The zero-order valence-electron chi connectivity index (χ0n) is 15.7. The molecule has 1 aromatic heterocycles. The van der Waals surface area contributed by atoms with Crippen molar-refractivity contribution in [2.75, 3.05) is 17.7 Å². The molecule has 1 aliphatic carbocycles. The van der Waals surface area contributed by atoms with Gasteiger partial charge in [-0.05, 0) is 51.2 Å². The molecule has 0 atom stereocenters. The van der Waals surface area contributed by atoms with Gasteiger partial charge in [0.1, 0.15) is 5.03 Å². The number of nitrogens with zero attached hydrogens (tertiary/aromatic N) is 2. The largest absolute Gasteiger partial charge is 0.396 e. The number of aryl methyl sites for hydroxylation is 2. The van der Waals surface area contributed by atoms with Crippen molar-refractivity contribution < 1.29 is 9.90 Å². The molecule has 6 nitrogen and oxygen atoms in total. The van der Waals surface area contributed by atoms with E-state index >= 15 is 0 Å². The third kappa shape index (κ3) is 4.59. The molecule has 0 aliphatic heterocycles. The first-order valence-corrected chi connectivity index (χ1v) is 10.2. The summed E-state index contributed by atoms with van der Waals surface area (Å²) in [5.41, 5.74) is 4.79. The first kappa shape index (κ1) is 19.6. The highest BCUT2D eigenvalue weighted by Gasteiger charge is 2.22. The molecule has 7 heteroatoms. The fourth-order valence-electron chi connectivity index (χ4n) is 3.44. The Bertz CT molecular complexity index is 908. The summed E-state index contributed by atoms with van der Waals surface area (Å²) in [6.45, 7) is 4.53. The maximum atomic E-state index is 12.4. The molecule has 2 aromatic rings. The Morgan fingerprint density at radius 3 is 2.89 bits per heavy atom.